The summed E-state index contributed by atoms with van der Waals surface area (Å²) in [4.78, 5) is 10.3. The van der Waals surface area contributed by atoms with Gasteiger partial charge < -0.3 is 0 Å². The molecular formula is C23H42N2. The van der Waals surface area contributed by atoms with Gasteiger partial charge in [-0.05, 0) is 24.2 Å². The lowest BCUT2D eigenvalue weighted by molar-refractivity contribution is 0.433. The van der Waals surface area contributed by atoms with E-state index < -0.39 is 0 Å². The molecule has 1 rings (SSSR count). The van der Waals surface area contributed by atoms with Gasteiger partial charge >= 0.3 is 0 Å². The van der Waals surface area contributed by atoms with Crippen molar-refractivity contribution in [2.45, 2.75) is 118 Å². The van der Waals surface area contributed by atoms with Gasteiger partial charge in [0.05, 0.1) is 5.69 Å². The average molecular weight is 347 g/mol. The third-order valence-corrected chi connectivity index (χ3v) is 5.25. The molecule has 0 aromatic carbocycles. The molecular weight excluding hydrogens is 304 g/mol. The lowest BCUT2D eigenvalue weighted by Gasteiger charge is -2.35. The maximum atomic E-state index is 5.14. The minimum Gasteiger partial charge on any atom is -0.237 e. The zero-order chi connectivity index (χ0) is 19.6. The molecule has 144 valence electrons. The monoisotopic (exact) mass is 346 g/mol. The summed E-state index contributed by atoms with van der Waals surface area (Å²) < 4.78 is 0. The number of rotatable bonds is 6. The second-order valence-corrected chi connectivity index (χ2v) is 10.6. The van der Waals surface area contributed by atoms with E-state index in [1.54, 1.807) is 0 Å². The van der Waals surface area contributed by atoms with E-state index in [-0.39, 0.29) is 16.2 Å². The van der Waals surface area contributed by atoms with Crippen LogP contribution in [0.1, 0.15) is 118 Å². The van der Waals surface area contributed by atoms with Crippen LogP contribution >= 0.6 is 0 Å². The van der Waals surface area contributed by atoms with Crippen LogP contribution in [0.3, 0.4) is 0 Å². The molecule has 0 aliphatic carbocycles. The molecule has 0 N–H and O–H groups in total. The lowest BCUT2D eigenvalue weighted by Crippen LogP contribution is -2.31. The van der Waals surface area contributed by atoms with Gasteiger partial charge in [0, 0.05) is 22.1 Å². The van der Waals surface area contributed by atoms with Crippen molar-refractivity contribution in [3.63, 3.8) is 0 Å². The van der Waals surface area contributed by atoms with E-state index in [1.165, 1.54) is 29.8 Å². The molecule has 0 spiro atoms. The van der Waals surface area contributed by atoms with Crippen LogP contribution in [0.4, 0.5) is 0 Å². The molecule has 0 bridgehead atoms. The van der Waals surface area contributed by atoms with E-state index in [0.29, 0.717) is 5.92 Å². The highest BCUT2D eigenvalue weighted by Crippen LogP contribution is 2.38. The molecule has 0 radical (unpaired) electrons. The first-order valence-corrected chi connectivity index (χ1v) is 10.2. The van der Waals surface area contributed by atoms with E-state index in [4.69, 9.17) is 9.97 Å². The Balaban J connectivity index is 3.73. The van der Waals surface area contributed by atoms with E-state index in [2.05, 4.69) is 76.2 Å². The Morgan fingerprint density at radius 1 is 0.840 bits per heavy atom. The third-order valence-electron chi connectivity index (χ3n) is 5.25. The average Bonchev–Trinajstić information content (AvgIpc) is 2.44. The summed E-state index contributed by atoms with van der Waals surface area (Å²) in [7, 11) is 0. The fourth-order valence-corrected chi connectivity index (χ4v) is 3.35. The quantitative estimate of drug-likeness (QED) is 0.570. The van der Waals surface area contributed by atoms with Crippen LogP contribution in [0.25, 0.3) is 0 Å². The maximum Gasteiger partial charge on any atom is 0.134 e. The number of hydrogen-bond donors (Lipinski definition) is 0. The van der Waals surface area contributed by atoms with E-state index in [9.17, 15) is 0 Å². The van der Waals surface area contributed by atoms with E-state index in [0.717, 1.165) is 18.7 Å². The summed E-state index contributed by atoms with van der Waals surface area (Å²) in [5.41, 5.74) is 4.03. The zero-order valence-electron chi connectivity index (χ0n) is 18.8. The SMILES string of the molecule is CCCC(C)Cc1nc(C(C)(C)C)nc(C(C)(C)C)c1C(C)(C)CC. The van der Waals surface area contributed by atoms with Gasteiger partial charge in [0.15, 0.2) is 0 Å². The number of nitrogens with zero attached hydrogens (tertiary/aromatic N) is 2. The first-order valence-electron chi connectivity index (χ1n) is 10.2. The van der Waals surface area contributed by atoms with Crippen molar-refractivity contribution in [3.05, 3.63) is 22.8 Å². The Hall–Kier alpha value is -0.920. The number of hydrogen-bond acceptors (Lipinski definition) is 2. The van der Waals surface area contributed by atoms with Crippen LogP contribution < -0.4 is 0 Å². The minimum absolute atomic E-state index is 0.0213. The summed E-state index contributed by atoms with van der Waals surface area (Å²) in [6, 6.07) is 0. The molecule has 1 atom stereocenters. The number of aromatic nitrogens is 2. The van der Waals surface area contributed by atoms with Crippen molar-refractivity contribution in [1.82, 2.24) is 9.97 Å². The summed E-state index contributed by atoms with van der Waals surface area (Å²) in [6.45, 7) is 25.1. The standard InChI is InChI=1S/C23H42N2/c1-12-14-16(3)15-17-18(23(10,11)13-2)19(21(4,5)6)25-20(24-17)22(7,8)9/h16H,12-15H2,1-11H3. The van der Waals surface area contributed by atoms with Gasteiger partial charge in [0.25, 0.3) is 0 Å². The summed E-state index contributed by atoms with van der Waals surface area (Å²) in [5, 5.41) is 0. The van der Waals surface area contributed by atoms with Crippen LogP contribution in [0, 0.1) is 5.92 Å². The molecule has 1 aromatic rings. The third kappa shape index (κ3) is 5.53. The maximum absolute atomic E-state index is 5.14. The summed E-state index contributed by atoms with van der Waals surface area (Å²) >= 11 is 0. The fourth-order valence-electron chi connectivity index (χ4n) is 3.35. The Bertz CT molecular complexity index is 571. The van der Waals surface area contributed by atoms with Crippen molar-refractivity contribution in [3.8, 4) is 0 Å². The van der Waals surface area contributed by atoms with Crippen molar-refractivity contribution >= 4 is 0 Å². The highest BCUT2D eigenvalue weighted by molar-refractivity contribution is 5.38. The molecule has 0 amide bonds. The van der Waals surface area contributed by atoms with E-state index >= 15 is 0 Å². The normalized spacial score (nSPS) is 14.7. The van der Waals surface area contributed by atoms with Gasteiger partial charge in [0.2, 0.25) is 0 Å². The van der Waals surface area contributed by atoms with Gasteiger partial charge in [0.1, 0.15) is 5.82 Å². The zero-order valence-corrected chi connectivity index (χ0v) is 18.8. The summed E-state index contributed by atoms with van der Waals surface area (Å²) in [5.74, 6) is 1.65. The molecule has 25 heavy (non-hydrogen) atoms. The Labute approximate surface area is 157 Å². The molecule has 1 heterocycles. The first-order chi connectivity index (χ1) is 11.2. The Morgan fingerprint density at radius 2 is 1.40 bits per heavy atom. The molecule has 2 heteroatoms. The van der Waals surface area contributed by atoms with E-state index in [1.807, 2.05) is 0 Å². The van der Waals surface area contributed by atoms with Crippen molar-refractivity contribution in [2.24, 2.45) is 5.92 Å². The molecule has 0 saturated heterocycles. The van der Waals surface area contributed by atoms with Crippen molar-refractivity contribution < 1.29 is 0 Å². The predicted molar refractivity (Wildman–Crippen MR) is 111 cm³/mol. The van der Waals surface area contributed by atoms with Crippen LogP contribution in [0.15, 0.2) is 0 Å². The second kappa shape index (κ2) is 7.76. The molecule has 1 unspecified atom stereocenters. The van der Waals surface area contributed by atoms with Crippen molar-refractivity contribution in [2.75, 3.05) is 0 Å². The largest absolute Gasteiger partial charge is 0.237 e. The van der Waals surface area contributed by atoms with Crippen molar-refractivity contribution in [1.29, 1.82) is 0 Å². The van der Waals surface area contributed by atoms with Crippen LogP contribution in [-0.2, 0) is 22.7 Å². The Kier molecular flexibility index (Phi) is 6.87. The molecule has 2 nitrogen and oxygen atoms in total. The van der Waals surface area contributed by atoms with Crippen LogP contribution in [0.5, 0.6) is 0 Å². The first kappa shape index (κ1) is 22.1. The van der Waals surface area contributed by atoms with Gasteiger partial charge in [-0.1, -0.05) is 89.0 Å². The molecule has 0 fully saturated rings. The smallest absolute Gasteiger partial charge is 0.134 e. The minimum atomic E-state index is -0.0301. The summed E-state index contributed by atoms with van der Waals surface area (Å²) in [6.07, 6.45) is 4.65. The predicted octanol–water partition coefficient (Wildman–Crippen LogP) is 6.74. The highest BCUT2D eigenvalue weighted by Gasteiger charge is 2.34. The van der Waals surface area contributed by atoms with Crippen LogP contribution in [0.2, 0.25) is 0 Å². The highest BCUT2D eigenvalue weighted by atomic mass is 14.9. The lowest BCUT2D eigenvalue weighted by atomic mass is 9.73. The van der Waals surface area contributed by atoms with Gasteiger partial charge in [-0.2, -0.15) is 0 Å². The fraction of sp³-hybridized carbons (Fsp3) is 0.826. The second-order valence-electron chi connectivity index (χ2n) is 10.6. The van der Waals surface area contributed by atoms with Crippen LogP contribution in [-0.4, -0.2) is 9.97 Å². The molecule has 0 aliphatic rings. The van der Waals surface area contributed by atoms with Gasteiger partial charge in [-0.3, -0.25) is 0 Å². The Morgan fingerprint density at radius 3 is 1.80 bits per heavy atom. The topological polar surface area (TPSA) is 25.8 Å². The van der Waals surface area contributed by atoms with Gasteiger partial charge in [-0.25, -0.2) is 9.97 Å². The molecule has 0 aliphatic heterocycles. The molecule has 1 aromatic heterocycles. The van der Waals surface area contributed by atoms with Gasteiger partial charge in [-0.15, -0.1) is 0 Å². The molecule has 0 saturated carbocycles.